The van der Waals surface area contributed by atoms with Crippen LogP contribution in [-0.4, -0.2) is 27.9 Å². The minimum absolute atomic E-state index is 0.00852. The van der Waals surface area contributed by atoms with Crippen molar-refractivity contribution in [2.24, 2.45) is 5.92 Å². The Balaban J connectivity index is 1.94. The molecule has 1 aliphatic heterocycles. The summed E-state index contributed by atoms with van der Waals surface area (Å²) in [6, 6.07) is 1.95. The molecule has 1 unspecified atom stereocenters. The van der Waals surface area contributed by atoms with Gasteiger partial charge in [-0.3, -0.25) is 4.79 Å². The van der Waals surface area contributed by atoms with Gasteiger partial charge in [0, 0.05) is 19.3 Å². The minimum atomic E-state index is -4.49. The highest BCUT2D eigenvalue weighted by atomic mass is 35.5. The standard InChI is InChI=1S/C16H16ClF3N4O/c1-10-3-2-6-23(9-10)12-8-22-24(15(25)14(12)17)13-5-4-11(7-21-13)16(18,19)20/h4-5,7-8,10H,2-3,6,9H2,1H3. The van der Waals surface area contributed by atoms with Crippen molar-refractivity contribution in [2.45, 2.75) is 25.9 Å². The number of anilines is 1. The third-order valence-electron chi connectivity index (χ3n) is 4.19. The van der Waals surface area contributed by atoms with Crippen LogP contribution in [0.15, 0.2) is 29.3 Å². The molecule has 1 atom stereocenters. The molecule has 0 bridgehead atoms. The zero-order chi connectivity index (χ0) is 18.2. The molecule has 2 aromatic rings. The Morgan fingerprint density at radius 3 is 2.64 bits per heavy atom. The highest BCUT2D eigenvalue weighted by Crippen LogP contribution is 2.29. The van der Waals surface area contributed by atoms with Crippen molar-refractivity contribution in [1.29, 1.82) is 0 Å². The molecule has 0 radical (unpaired) electrons. The van der Waals surface area contributed by atoms with Crippen LogP contribution in [0.4, 0.5) is 18.9 Å². The van der Waals surface area contributed by atoms with Crippen molar-refractivity contribution in [3.63, 3.8) is 0 Å². The fourth-order valence-corrected chi connectivity index (χ4v) is 3.14. The largest absolute Gasteiger partial charge is 0.417 e. The van der Waals surface area contributed by atoms with Crippen LogP contribution in [0.2, 0.25) is 5.02 Å². The van der Waals surface area contributed by atoms with Gasteiger partial charge >= 0.3 is 6.18 Å². The molecule has 0 spiro atoms. The summed E-state index contributed by atoms with van der Waals surface area (Å²) in [6.45, 7) is 3.69. The predicted molar refractivity (Wildman–Crippen MR) is 88.3 cm³/mol. The van der Waals surface area contributed by atoms with Gasteiger partial charge in [-0.2, -0.15) is 23.0 Å². The Morgan fingerprint density at radius 2 is 2.04 bits per heavy atom. The molecular weight excluding hydrogens is 357 g/mol. The van der Waals surface area contributed by atoms with E-state index < -0.39 is 17.3 Å². The Bertz CT molecular complexity index is 820. The van der Waals surface area contributed by atoms with Gasteiger partial charge in [0.15, 0.2) is 5.82 Å². The van der Waals surface area contributed by atoms with E-state index in [1.54, 1.807) is 0 Å². The summed E-state index contributed by atoms with van der Waals surface area (Å²) in [7, 11) is 0. The number of pyridine rings is 1. The molecule has 0 amide bonds. The van der Waals surface area contributed by atoms with Crippen molar-refractivity contribution in [3.05, 3.63) is 45.5 Å². The van der Waals surface area contributed by atoms with Gasteiger partial charge < -0.3 is 4.90 Å². The summed E-state index contributed by atoms with van der Waals surface area (Å²) in [5.74, 6) is 0.474. The lowest BCUT2D eigenvalue weighted by atomic mass is 10.00. The average molecular weight is 373 g/mol. The molecule has 9 heteroatoms. The van der Waals surface area contributed by atoms with Crippen LogP contribution in [-0.2, 0) is 6.18 Å². The molecule has 134 valence electrons. The van der Waals surface area contributed by atoms with Crippen molar-refractivity contribution in [1.82, 2.24) is 14.8 Å². The third kappa shape index (κ3) is 3.63. The predicted octanol–water partition coefficient (Wildman–Crippen LogP) is 3.54. The van der Waals surface area contributed by atoms with Crippen LogP contribution < -0.4 is 10.5 Å². The van der Waals surface area contributed by atoms with E-state index in [4.69, 9.17) is 11.6 Å². The number of aromatic nitrogens is 3. The van der Waals surface area contributed by atoms with Crippen LogP contribution in [0.3, 0.4) is 0 Å². The van der Waals surface area contributed by atoms with Gasteiger partial charge in [-0.15, -0.1) is 0 Å². The fourth-order valence-electron chi connectivity index (χ4n) is 2.89. The summed E-state index contributed by atoms with van der Waals surface area (Å²) in [5.41, 5.74) is -0.958. The molecule has 0 saturated carbocycles. The smallest absolute Gasteiger partial charge is 0.369 e. The van der Waals surface area contributed by atoms with Gasteiger partial charge in [-0.05, 0) is 30.9 Å². The Labute approximate surface area is 147 Å². The van der Waals surface area contributed by atoms with Gasteiger partial charge in [0.2, 0.25) is 0 Å². The first-order valence-electron chi connectivity index (χ1n) is 7.84. The monoisotopic (exact) mass is 372 g/mol. The fraction of sp³-hybridized carbons (Fsp3) is 0.438. The first kappa shape index (κ1) is 17.7. The molecule has 0 aliphatic carbocycles. The highest BCUT2D eigenvalue weighted by molar-refractivity contribution is 6.33. The maximum atomic E-state index is 12.6. The van der Waals surface area contributed by atoms with E-state index >= 15 is 0 Å². The van der Waals surface area contributed by atoms with Crippen molar-refractivity contribution in [3.8, 4) is 5.82 Å². The molecule has 1 saturated heterocycles. The number of halogens is 4. The number of piperidine rings is 1. The Morgan fingerprint density at radius 1 is 1.28 bits per heavy atom. The summed E-state index contributed by atoms with van der Waals surface area (Å²) in [5, 5.41) is 4.03. The number of rotatable bonds is 2. The molecule has 0 N–H and O–H groups in total. The molecule has 5 nitrogen and oxygen atoms in total. The zero-order valence-electron chi connectivity index (χ0n) is 13.4. The topological polar surface area (TPSA) is 51.0 Å². The van der Waals surface area contributed by atoms with Crippen LogP contribution in [0, 0.1) is 5.92 Å². The molecule has 3 rings (SSSR count). The zero-order valence-corrected chi connectivity index (χ0v) is 14.2. The maximum absolute atomic E-state index is 12.6. The first-order chi connectivity index (χ1) is 11.8. The van der Waals surface area contributed by atoms with Crippen LogP contribution >= 0.6 is 11.6 Å². The van der Waals surface area contributed by atoms with Gasteiger partial charge in [0.25, 0.3) is 5.56 Å². The van der Waals surface area contributed by atoms with Gasteiger partial charge in [-0.1, -0.05) is 18.5 Å². The molecule has 25 heavy (non-hydrogen) atoms. The van der Waals surface area contributed by atoms with Crippen molar-refractivity contribution in [2.75, 3.05) is 18.0 Å². The van der Waals surface area contributed by atoms with E-state index in [9.17, 15) is 18.0 Å². The summed E-state index contributed by atoms with van der Waals surface area (Å²) in [4.78, 5) is 18.2. The van der Waals surface area contributed by atoms with E-state index in [1.165, 1.54) is 6.20 Å². The highest BCUT2D eigenvalue weighted by Gasteiger charge is 2.31. The van der Waals surface area contributed by atoms with Crippen LogP contribution in [0.25, 0.3) is 5.82 Å². The summed E-state index contributed by atoms with van der Waals surface area (Å²) >= 11 is 6.21. The average Bonchev–Trinajstić information content (AvgIpc) is 2.56. The number of alkyl halides is 3. The van der Waals surface area contributed by atoms with Gasteiger partial charge in [-0.25, -0.2) is 4.98 Å². The first-order valence-corrected chi connectivity index (χ1v) is 8.21. The second-order valence-electron chi connectivity index (χ2n) is 6.16. The lowest BCUT2D eigenvalue weighted by molar-refractivity contribution is -0.137. The molecular formula is C16H16ClF3N4O. The second kappa shape index (κ2) is 6.67. The number of nitrogens with zero attached hydrogens (tertiary/aromatic N) is 4. The molecule has 3 heterocycles. The molecule has 2 aromatic heterocycles. The SMILES string of the molecule is CC1CCCN(c2cnn(-c3ccc(C(F)(F)F)cn3)c(=O)c2Cl)C1. The maximum Gasteiger partial charge on any atom is 0.417 e. The number of hydrogen-bond acceptors (Lipinski definition) is 4. The lowest BCUT2D eigenvalue weighted by Gasteiger charge is -2.32. The lowest BCUT2D eigenvalue weighted by Crippen LogP contribution is -2.36. The summed E-state index contributed by atoms with van der Waals surface area (Å²) in [6.07, 6.45) is -0.246. The van der Waals surface area contributed by atoms with Gasteiger partial charge in [0.1, 0.15) is 5.02 Å². The second-order valence-corrected chi connectivity index (χ2v) is 6.53. The van der Waals surface area contributed by atoms with E-state index in [0.29, 0.717) is 17.8 Å². The van der Waals surface area contributed by atoms with E-state index in [0.717, 1.165) is 42.7 Å². The quantitative estimate of drug-likeness (QED) is 0.809. The Hall–Kier alpha value is -2.09. The van der Waals surface area contributed by atoms with E-state index in [1.807, 2.05) is 4.90 Å². The molecule has 0 aromatic carbocycles. The minimum Gasteiger partial charge on any atom is -0.369 e. The molecule has 1 aliphatic rings. The van der Waals surface area contributed by atoms with Crippen LogP contribution in [0.1, 0.15) is 25.3 Å². The normalized spacial score (nSPS) is 18.4. The molecule has 1 fully saturated rings. The Kier molecular flexibility index (Phi) is 4.73. The van der Waals surface area contributed by atoms with Crippen molar-refractivity contribution < 1.29 is 13.2 Å². The third-order valence-corrected chi connectivity index (χ3v) is 4.55. The van der Waals surface area contributed by atoms with E-state index in [2.05, 4.69) is 17.0 Å². The van der Waals surface area contributed by atoms with Crippen molar-refractivity contribution >= 4 is 17.3 Å². The van der Waals surface area contributed by atoms with E-state index in [-0.39, 0.29) is 10.8 Å². The van der Waals surface area contributed by atoms with Gasteiger partial charge in [0.05, 0.1) is 17.4 Å². The van der Waals surface area contributed by atoms with Crippen LogP contribution in [0.5, 0.6) is 0 Å². The summed E-state index contributed by atoms with van der Waals surface area (Å²) < 4.78 is 38.7. The number of hydrogen-bond donors (Lipinski definition) is 0.